The summed E-state index contributed by atoms with van der Waals surface area (Å²) in [6.07, 6.45) is 0. The first-order chi connectivity index (χ1) is 17.4. The van der Waals surface area contributed by atoms with Crippen molar-refractivity contribution >= 4 is 39.9 Å². The summed E-state index contributed by atoms with van der Waals surface area (Å²) in [5.41, 5.74) is 0.513. The molecule has 0 saturated heterocycles. The highest BCUT2D eigenvalue weighted by Crippen LogP contribution is 2.45. The predicted molar refractivity (Wildman–Crippen MR) is 128 cm³/mol. The van der Waals surface area contributed by atoms with Gasteiger partial charge in [-0.05, 0) is 43.3 Å². The van der Waals surface area contributed by atoms with Gasteiger partial charge < -0.3 is 28.2 Å². The van der Waals surface area contributed by atoms with Gasteiger partial charge in [0.15, 0.2) is 34.4 Å². The maximum absolute atomic E-state index is 13.8. The molecular weight excluding hydrogens is 490 g/mol. The molecule has 0 fully saturated rings. The molecule has 10 heteroatoms. The number of halogens is 1. The lowest BCUT2D eigenvalue weighted by Gasteiger charge is -2.25. The van der Waals surface area contributed by atoms with Gasteiger partial charge in [0, 0.05) is 28.2 Å². The molecule has 1 unspecified atom stereocenters. The fraction of sp³-hybridized carbons (Fsp3) is 0.154. The number of hydrogen-bond donors (Lipinski definition) is 1. The van der Waals surface area contributed by atoms with Crippen LogP contribution in [0.2, 0.25) is 5.02 Å². The lowest BCUT2D eigenvalue weighted by Crippen LogP contribution is -2.30. The predicted octanol–water partition coefficient (Wildman–Crippen LogP) is 5.51. The summed E-state index contributed by atoms with van der Waals surface area (Å²) in [5, 5.41) is 11.9. The number of Topliss-reactive ketones (excluding diaryl/α,β-unsaturated/α-hetero) is 1. The van der Waals surface area contributed by atoms with Crippen LogP contribution in [0.1, 0.15) is 28.1 Å². The number of methoxy groups -OCH3 is 1. The average molecular weight is 508 g/mol. The number of hydrogen-bond acceptors (Lipinski definition) is 8. The summed E-state index contributed by atoms with van der Waals surface area (Å²) in [6, 6.07) is 11.9. The number of furan rings is 2. The Morgan fingerprint density at radius 3 is 2.64 bits per heavy atom. The molecule has 4 aromatic rings. The maximum atomic E-state index is 13.8. The van der Waals surface area contributed by atoms with E-state index in [4.69, 9.17) is 34.6 Å². The molecule has 1 amide bonds. The summed E-state index contributed by atoms with van der Waals surface area (Å²) in [7, 11) is 1.46. The normalized spacial score (nSPS) is 16.9. The highest BCUT2D eigenvalue weighted by atomic mass is 35.5. The molecule has 2 aromatic heterocycles. The quantitative estimate of drug-likeness (QED) is 0.352. The van der Waals surface area contributed by atoms with Gasteiger partial charge in [-0.3, -0.25) is 14.5 Å². The number of nitrogens with zero attached hydrogens (tertiary/aromatic N) is 1. The molecule has 0 radical (unpaired) electrons. The number of ether oxygens (including phenoxy) is 3. The standard InChI is InChI=1S/C26H18ClNO8/c1-12-3-5-17(35-12)22-21(23(29)19-8-13-7-14(27)9-20(32-2)25(13)36-19)24(30)26(31)28(22)15-4-6-16-18(10-15)34-11-33-16/h3-10,22,30H,11H2,1-2H3. The summed E-state index contributed by atoms with van der Waals surface area (Å²) in [5.74, 6) is -0.0766. The number of fused-ring (bicyclic) bond motifs is 2. The Morgan fingerprint density at radius 2 is 1.89 bits per heavy atom. The highest BCUT2D eigenvalue weighted by Gasteiger charge is 2.47. The van der Waals surface area contributed by atoms with Gasteiger partial charge in [0.2, 0.25) is 12.6 Å². The topological polar surface area (TPSA) is 112 Å². The van der Waals surface area contributed by atoms with E-state index < -0.39 is 23.5 Å². The molecule has 6 rings (SSSR count). The fourth-order valence-corrected chi connectivity index (χ4v) is 4.71. The Hall–Kier alpha value is -4.37. The van der Waals surface area contributed by atoms with Crippen LogP contribution in [0.5, 0.6) is 17.2 Å². The van der Waals surface area contributed by atoms with E-state index in [1.165, 1.54) is 18.1 Å². The minimum absolute atomic E-state index is 0.0559. The maximum Gasteiger partial charge on any atom is 0.294 e. The Morgan fingerprint density at radius 1 is 1.08 bits per heavy atom. The summed E-state index contributed by atoms with van der Waals surface area (Å²) in [4.78, 5) is 28.4. The number of carbonyl (C=O) groups is 2. The Kier molecular flexibility index (Phi) is 4.97. The van der Waals surface area contributed by atoms with Crippen molar-refractivity contribution in [2.24, 2.45) is 0 Å². The first-order valence-electron chi connectivity index (χ1n) is 10.9. The molecular formula is C26H18ClNO8. The third-order valence-electron chi connectivity index (χ3n) is 6.11. The van der Waals surface area contributed by atoms with Gasteiger partial charge in [-0.25, -0.2) is 0 Å². The number of carbonyl (C=O) groups excluding carboxylic acids is 2. The fourth-order valence-electron chi connectivity index (χ4n) is 4.49. The molecule has 2 aliphatic heterocycles. The van der Waals surface area contributed by atoms with E-state index in [1.807, 2.05) is 0 Å². The summed E-state index contributed by atoms with van der Waals surface area (Å²) >= 11 is 6.15. The molecule has 1 atom stereocenters. The zero-order valence-electron chi connectivity index (χ0n) is 19.0. The number of aliphatic hydroxyl groups excluding tert-OH is 1. The Bertz CT molecular complexity index is 1600. The van der Waals surface area contributed by atoms with Gasteiger partial charge in [-0.1, -0.05) is 11.6 Å². The second kappa shape index (κ2) is 8.10. The van der Waals surface area contributed by atoms with Gasteiger partial charge in [0.05, 0.1) is 12.7 Å². The van der Waals surface area contributed by atoms with E-state index >= 15 is 0 Å². The second-order valence-corrected chi connectivity index (χ2v) is 8.73. The lowest BCUT2D eigenvalue weighted by atomic mass is 9.99. The summed E-state index contributed by atoms with van der Waals surface area (Å²) < 4.78 is 27.8. The van der Waals surface area contributed by atoms with Crippen LogP contribution in [0.3, 0.4) is 0 Å². The van der Waals surface area contributed by atoms with Gasteiger partial charge in [0.25, 0.3) is 5.91 Å². The number of aryl methyl sites for hydroxylation is 1. The van der Waals surface area contributed by atoms with Crippen molar-refractivity contribution in [1.82, 2.24) is 0 Å². The zero-order valence-corrected chi connectivity index (χ0v) is 19.8. The smallest absolute Gasteiger partial charge is 0.294 e. The van der Waals surface area contributed by atoms with Crippen molar-refractivity contribution in [1.29, 1.82) is 0 Å². The average Bonchev–Trinajstić information content (AvgIpc) is 3.64. The molecule has 9 nitrogen and oxygen atoms in total. The van der Waals surface area contributed by atoms with Crippen molar-refractivity contribution in [2.45, 2.75) is 13.0 Å². The monoisotopic (exact) mass is 507 g/mol. The molecule has 0 spiro atoms. The van der Waals surface area contributed by atoms with E-state index in [-0.39, 0.29) is 18.1 Å². The second-order valence-electron chi connectivity index (χ2n) is 8.29. The largest absolute Gasteiger partial charge is 0.503 e. The molecule has 0 bridgehead atoms. The minimum Gasteiger partial charge on any atom is -0.503 e. The molecule has 182 valence electrons. The number of anilines is 1. The first kappa shape index (κ1) is 22.1. The van der Waals surface area contributed by atoms with Gasteiger partial charge in [-0.15, -0.1) is 0 Å². The lowest BCUT2D eigenvalue weighted by molar-refractivity contribution is -0.117. The first-order valence-corrected chi connectivity index (χ1v) is 11.3. The Balaban J connectivity index is 1.48. The molecule has 2 aliphatic rings. The van der Waals surface area contributed by atoms with E-state index in [2.05, 4.69) is 0 Å². The number of rotatable bonds is 5. The molecule has 1 N–H and O–H groups in total. The van der Waals surface area contributed by atoms with E-state index in [0.717, 1.165) is 0 Å². The van der Waals surface area contributed by atoms with Crippen LogP contribution >= 0.6 is 11.6 Å². The van der Waals surface area contributed by atoms with E-state index in [1.54, 1.807) is 49.4 Å². The number of aliphatic hydroxyl groups is 1. The van der Waals surface area contributed by atoms with Gasteiger partial charge in [-0.2, -0.15) is 0 Å². The Labute approximate surface area is 209 Å². The SMILES string of the molecule is COc1cc(Cl)cc2cc(C(=O)C3=C(O)C(=O)N(c4ccc5c(c4)OCO5)C3c3ccc(C)o3)oc12. The van der Waals surface area contributed by atoms with Crippen LogP contribution in [0.25, 0.3) is 11.0 Å². The van der Waals surface area contributed by atoms with E-state index in [9.17, 15) is 14.7 Å². The number of amides is 1. The van der Waals surface area contributed by atoms with Crippen molar-refractivity contribution in [3.63, 3.8) is 0 Å². The van der Waals surface area contributed by atoms with Crippen molar-refractivity contribution < 1.29 is 37.7 Å². The van der Waals surface area contributed by atoms with Crippen molar-refractivity contribution in [3.8, 4) is 17.2 Å². The van der Waals surface area contributed by atoms with Crippen LogP contribution in [-0.2, 0) is 4.79 Å². The van der Waals surface area contributed by atoms with Crippen LogP contribution < -0.4 is 19.1 Å². The molecule has 4 heterocycles. The zero-order chi connectivity index (χ0) is 25.1. The molecule has 0 aliphatic carbocycles. The molecule has 2 aromatic carbocycles. The van der Waals surface area contributed by atoms with Crippen LogP contribution in [-0.4, -0.2) is 30.7 Å². The highest BCUT2D eigenvalue weighted by molar-refractivity contribution is 6.31. The number of benzene rings is 2. The molecule has 0 saturated carbocycles. The minimum atomic E-state index is -1.06. The van der Waals surface area contributed by atoms with E-state index in [0.29, 0.717) is 50.4 Å². The van der Waals surface area contributed by atoms with Gasteiger partial charge >= 0.3 is 0 Å². The van der Waals surface area contributed by atoms with Crippen molar-refractivity contribution in [2.75, 3.05) is 18.8 Å². The van der Waals surface area contributed by atoms with Crippen LogP contribution in [0, 0.1) is 6.92 Å². The molecule has 36 heavy (non-hydrogen) atoms. The van der Waals surface area contributed by atoms with Crippen LogP contribution in [0.4, 0.5) is 5.69 Å². The third-order valence-corrected chi connectivity index (χ3v) is 6.33. The van der Waals surface area contributed by atoms with Crippen LogP contribution in [0.15, 0.2) is 68.7 Å². The number of ketones is 1. The summed E-state index contributed by atoms with van der Waals surface area (Å²) in [6.45, 7) is 1.80. The third kappa shape index (κ3) is 3.31. The van der Waals surface area contributed by atoms with Crippen molar-refractivity contribution in [3.05, 3.63) is 82.2 Å². The van der Waals surface area contributed by atoms with Gasteiger partial charge in [0.1, 0.15) is 17.6 Å².